The number of ketones is 2. The van der Waals surface area contributed by atoms with E-state index in [4.69, 9.17) is 0 Å². The fourth-order valence-electron chi connectivity index (χ4n) is 2.55. The average Bonchev–Trinajstić information content (AvgIpc) is 2.60. The summed E-state index contributed by atoms with van der Waals surface area (Å²) in [5.74, 6) is -18.1. The molecular formula is C15H19F9O5S2. The summed E-state index contributed by atoms with van der Waals surface area (Å²) < 4.78 is 146. The van der Waals surface area contributed by atoms with Crippen molar-refractivity contribution < 1.29 is 61.1 Å². The van der Waals surface area contributed by atoms with Gasteiger partial charge in [-0.1, -0.05) is 13.3 Å². The van der Waals surface area contributed by atoms with Crippen molar-refractivity contribution in [3.05, 3.63) is 0 Å². The van der Waals surface area contributed by atoms with Gasteiger partial charge in [0.15, 0.2) is 0 Å². The van der Waals surface area contributed by atoms with E-state index in [2.05, 4.69) is 3.63 Å². The van der Waals surface area contributed by atoms with E-state index in [9.17, 15) is 57.5 Å². The smallest absolute Gasteiger partial charge is 0.300 e. The third-order valence-electron chi connectivity index (χ3n) is 4.40. The summed E-state index contributed by atoms with van der Waals surface area (Å²) in [6, 6.07) is 0. The minimum atomic E-state index is -7.42. The van der Waals surface area contributed by atoms with Gasteiger partial charge >= 0.3 is 33.4 Å². The highest BCUT2D eigenvalue weighted by molar-refractivity contribution is 8.33. The molecule has 31 heavy (non-hydrogen) atoms. The van der Waals surface area contributed by atoms with E-state index in [0.717, 1.165) is 0 Å². The van der Waals surface area contributed by atoms with Crippen LogP contribution in [-0.2, 0) is 23.3 Å². The topological polar surface area (TPSA) is 77.5 Å². The zero-order valence-corrected chi connectivity index (χ0v) is 17.5. The first kappa shape index (κ1) is 28.0. The quantitative estimate of drug-likeness (QED) is 0.399. The van der Waals surface area contributed by atoms with Crippen LogP contribution in [0.1, 0.15) is 39.0 Å². The van der Waals surface area contributed by atoms with E-state index in [1.807, 2.05) is 0 Å². The Kier molecular flexibility index (Phi) is 8.20. The molecule has 0 atom stereocenters. The van der Waals surface area contributed by atoms with Gasteiger partial charge in [-0.15, -0.1) is 10.3 Å². The molecule has 1 rings (SSSR count). The molecule has 0 spiro atoms. The minimum absolute atomic E-state index is 0.165. The first-order valence-electron chi connectivity index (χ1n) is 8.72. The minimum Gasteiger partial charge on any atom is -0.300 e. The standard InChI is InChI=1S/C15H19F9O5S2/c1-2-3-4-11(26)9-30(7-5-10(25)6-8-30)29-31(27,28)15(23,24)13(18,19)12(16,17)14(20,21)22/h2-9H2,1H3. The molecule has 0 aromatic carbocycles. The molecule has 1 aliphatic rings. The Morgan fingerprint density at radius 3 is 1.87 bits per heavy atom. The summed E-state index contributed by atoms with van der Waals surface area (Å²) >= 11 is 0. The molecule has 5 nitrogen and oxygen atoms in total. The summed E-state index contributed by atoms with van der Waals surface area (Å²) in [6.45, 7) is 1.68. The first-order chi connectivity index (χ1) is 13.8. The Balaban J connectivity index is 3.34. The van der Waals surface area contributed by atoms with Crippen LogP contribution in [0.5, 0.6) is 0 Å². The second-order valence-electron chi connectivity index (χ2n) is 6.88. The number of hydrogen-bond donors (Lipinski definition) is 0. The highest BCUT2D eigenvalue weighted by Crippen LogP contribution is 2.60. The van der Waals surface area contributed by atoms with Gasteiger partial charge in [0, 0.05) is 30.8 Å². The molecule has 184 valence electrons. The van der Waals surface area contributed by atoms with Crippen molar-refractivity contribution in [3.63, 3.8) is 0 Å². The summed E-state index contributed by atoms with van der Waals surface area (Å²) in [5.41, 5.74) is 0. The Morgan fingerprint density at radius 1 is 0.968 bits per heavy atom. The van der Waals surface area contributed by atoms with Gasteiger partial charge in [0.25, 0.3) is 0 Å². The molecule has 0 bridgehead atoms. The molecule has 16 heteroatoms. The summed E-state index contributed by atoms with van der Waals surface area (Å²) in [5, 5.41) is -6.99. The molecule has 0 aromatic rings. The van der Waals surface area contributed by atoms with Crippen LogP contribution in [0.3, 0.4) is 0 Å². The van der Waals surface area contributed by atoms with E-state index in [1.165, 1.54) is 0 Å². The van der Waals surface area contributed by atoms with Gasteiger partial charge in [0.1, 0.15) is 11.6 Å². The second kappa shape index (κ2) is 9.08. The number of carbonyl (C=O) groups excluding carboxylic acids is 2. The van der Waals surface area contributed by atoms with Crippen LogP contribution in [0.25, 0.3) is 0 Å². The number of rotatable bonds is 10. The SMILES string of the molecule is CCCCC(=O)CS1(OS(=O)(=O)C(F)(F)C(F)(F)C(F)(F)C(F)(F)F)CCC(=O)CC1. The Morgan fingerprint density at radius 2 is 1.45 bits per heavy atom. The molecule has 0 aliphatic carbocycles. The lowest BCUT2D eigenvalue weighted by Crippen LogP contribution is -2.63. The molecule has 0 saturated carbocycles. The van der Waals surface area contributed by atoms with Crippen molar-refractivity contribution >= 4 is 32.0 Å². The van der Waals surface area contributed by atoms with Crippen molar-refractivity contribution in [2.75, 3.05) is 17.3 Å². The van der Waals surface area contributed by atoms with Crippen molar-refractivity contribution in [1.29, 1.82) is 0 Å². The fourth-order valence-corrected chi connectivity index (χ4v) is 8.02. The van der Waals surface area contributed by atoms with Crippen LogP contribution in [0, 0.1) is 0 Å². The molecule has 1 fully saturated rings. The summed E-state index contributed by atoms with van der Waals surface area (Å²) in [7, 11) is -10.6. The third-order valence-corrected chi connectivity index (χ3v) is 9.90. The van der Waals surface area contributed by atoms with Gasteiger partial charge in [0.05, 0.1) is 5.75 Å². The van der Waals surface area contributed by atoms with Crippen LogP contribution in [0.4, 0.5) is 39.5 Å². The predicted molar refractivity (Wildman–Crippen MR) is 91.9 cm³/mol. The zero-order chi connectivity index (χ0) is 24.5. The maximum atomic E-state index is 14.0. The van der Waals surface area contributed by atoms with Gasteiger partial charge in [0.2, 0.25) is 0 Å². The maximum absolute atomic E-state index is 14.0. The molecule has 0 amide bonds. The largest absolute Gasteiger partial charge is 0.460 e. The van der Waals surface area contributed by atoms with Gasteiger partial charge in [-0.25, -0.2) is 3.63 Å². The van der Waals surface area contributed by atoms with E-state index in [-0.39, 0.29) is 6.42 Å². The fraction of sp³-hybridized carbons (Fsp3) is 0.867. The average molecular weight is 514 g/mol. The molecule has 0 unspecified atom stereocenters. The van der Waals surface area contributed by atoms with E-state index < -0.39 is 85.4 Å². The van der Waals surface area contributed by atoms with Crippen molar-refractivity contribution in [3.8, 4) is 0 Å². The summed E-state index contributed by atoms with van der Waals surface area (Å²) in [6.07, 6.45) is -7.50. The molecule has 0 aromatic heterocycles. The van der Waals surface area contributed by atoms with Crippen molar-refractivity contribution in [1.82, 2.24) is 0 Å². The normalized spacial score (nSPS) is 19.9. The van der Waals surface area contributed by atoms with Crippen LogP contribution in [0.15, 0.2) is 0 Å². The molecule has 0 radical (unpaired) electrons. The van der Waals surface area contributed by atoms with Crippen LogP contribution < -0.4 is 0 Å². The zero-order valence-electron chi connectivity index (χ0n) is 15.9. The van der Waals surface area contributed by atoms with Crippen LogP contribution >= 0.6 is 10.3 Å². The van der Waals surface area contributed by atoms with E-state index in [0.29, 0.717) is 12.8 Å². The first-order valence-corrected chi connectivity index (χ1v) is 12.2. The second-order valence-corrected chi connectivity index (χ2v) is 11.9. The van der Waals surface area contributed by atoms with Crippen molar-refractivity contribution in [2.24, 2.45) is 0 Å². The lowest BCUT2D eigenvalue weighted by molar-refractivity contribution is -0.382. The Bertz CT molecular complexity index is 783. The van der Waals surface area contributed by atoms with Crippen molar-refractivity contribution in [2.45, 2.75) is 62.3 Å². The molecule has 1 heterocycles. The van der Waals surface area contributed by atoms with Gasteiger partial charge in [-0.3, -0.25) is 9.59 Å². The van der Waals surface area contributed by atoms with Crippen LogP contribution in [0.2, 0.25) is 0 Å². The van der Waals surface area contributed by atoms with Gasteiger partial charge in [-0.05, 0) is 6.42 Å². The Hall–Kier alpha value is -1.03. The van der Waals surface area contributed by atoms with Gasteiger partial charge < -0.3 is 0 Å². The van der Waals surface area contributed by atoms with Gasteiger partial charge in [-0.2, -0.15) is 47.9 Å². The highest BCUT2D eigenvalue weighted by Gasteiger charge is 2.86. The third kappa shape index (κ3) is 5.49. The lowest BCUT2D eigenvalue weighted by atomic mass is 10.1. The monoisotopic (exact) mass is 514 g/mol. The lowest BCUT2D eigenvalue weighted by Gasteiger charge is -2.42. The van der Waals surface area contributed by atoms with E-state index >= 15 is 0 Å². The van der Waals surface area contributed by atoms with Crippen LogP contribution in [-0.4, -0.2) is 60.5 Å². The molecular weight excluding hydrogens is 495 g/mol. The molecule has 1 aliphatic heterocycles. The number of Topliss-reactive ketones (excluding diaryl/α,β-unsaturated/α-hetero) is 2. The number of hydrogen-bond acceptors (Lipinski definition) is 5. The molecule has 1 saturated heterocycles. The highest BCUT2D eigenvalue weighted by atomic mass is 32.3. The molecule has 0 N–H and O–H groups in total. The predicted octanol–water partition coefficient (Wildman–Crippen LogP) is 4.60. The van der Waals surface area contributed by atoms with E-state index in [1.54, 1.807) is 6.92 Å². The summed E-state index contributed by atoms with van der Waals surface area (Å²) in [4.78, 5) is 23.4. The maximum Gasteiger partial charge on any atom is 0.460 e. The number of halogens is 9. The number of alkyl halides is 9. The number of carbonyl (C=O) groups is 2. The number of unbranched alkanes of at least 4 members (excludes halogenated alkanes) is 1. The Labute approximate surface area is 173 Å².